The third-order valence-corrected chi connectivity index (χ3v) is 3.30. The van der Waals surface area contributed by atoms with Gasteiger partial charge in [-0.15, -0.1) is 11.3 Å². The maximum atomic E-state index is 11.5. The molecule has 2 heterocycles. The number of nitrogens with zero attached hydrogens (tertiary/aromatic N) is 1. The molecule has 0 fully saturated rings. The Morgan fingerprint density at radius 1 is 1.35 bits per heavy atom. The Bertz CT molecular complexity index is 620. The number of aromatic nitrogens is 1. The second-order valence-electron chi connectivity index (χ2n) is 3.95. The van der Waals surface area contributed by atoms with Gasteiger partial charge in [0.15, 0.2) is 0 Å². The Hall–Kier alpha value is -2.35. The summed E-state index contributed by atoms with van der Waals surface area (Å²) in [6, 6.07) is 2.50. The number of carboxylic acid groups (broad SMARTS) is 1. The van der Waals surface area contributed by atoms with E-state index in [9.17, 15) is 9.59 Å². The molecular weight excluding hydrogens is 282 g/mol. The van der Waals surface area contributed by atoms with Crippen molar-refractivity contribution >= 4 is 23.3 Å². The van der Waals surface area contributed by atoms with Gasteiger partial charge in [0, 0.05) is 11.1 Å². The van der Waals surface area contributed by atoms with Gasteiger partial charge in [-0.05, 0) is 19.1 Å². The van der Waals surface area contributed by atoms with Gasteiger partial charge in [-0.25, -0.2) is 14.6 Å². The van der Waals surface area contributed by atoms with Crippen LogP contribution in [0.5, 0.6) is 0 Å². The lowest BCUT2D eigenvalue weighted by atomic mass is 10.4. The minimum absolute atomic E-state index is 0.126. The number of rotatable bonds is 5. The normalized spacial score (nSPS) is 10.2. The molecule has 2 amide bonds. The third-order valence-electron chi connectivity index (χ3n) is 2.39. The standard InChI is InChI=1S/C12H13N3O4S/c1-7-13-5-9(20-7)6-15-12(18)14-4-8-2-3-10(19-8)11(16)17/h2-3,5H,4,6H2,1H3,(H,16,17)(H2,14,15,18). The molecule has 2 aromatic rings. The van der Waals surface area contributed by atoms with Crippen LogP contribution in [0.2, 0.25) is 0 Å². The summed E-state index contributed by atoms with van der Waals surface area (Å²) in [6.45, 7) is 2.42. The van der Waals surface area contributed by atoms with Crippen LogP contribution in [0.25, 0.3) is 0 Å². The number of carboxylic acids is 1. The van der Waals surface area contributed by atoms with E-state index in [4.69, 9.17) is 9.52 Å². The van der Waals surface area contributed by atoms with Crippen molar-refractivity contribution in [3.8, 4) is 0 Å². The molecule has 0 aliphatic carbocycles. The summed E-state index contributed by atoms with van der Waals surface area (Å²) in [4.78, 5) is 27.2. The largest absolute Gasteiger partial charge is 0.475 e. The second-order valence-corrected chi connectivity index (χ2v) is 5.27. The van der Waals surface area contributed by atoms with E-state index in [-0.39, 0.29) is 18.3 Å². The molecule has 0 radical (unpaired) electrons. The summed E-state index contributed by atoms with van der Waals surface area (Å²) in [5, 5.41) is 14.9. The Labute approximate surface area is 118 Å². The van der Waals surface area contributed by atoms with E-state index in [0.29, 0.717) is 12.3 Å². The molecule has 0 spiro atoms. The fraction of sp³-hybridized carbons (Fsp3) is 0.250. The Morgan fingerprint density at radius 2 is 2.10 bits per heavy atom. The predicted octanol–water partition coefficient (Wildman–Crippen LogP) is 1.74. The van der Waals surface area contributed by atoms with Crippen molar-refractivity contribution in [3.05, 3.63) is 39.7 Å². The number of thiazole rings is 1. The summed E-state index contributed by atoms with van der Waals surface area (Å²) >= 11 is 1.51. The first-order valence-corrected chi connectivity index (χ1v) is 6.61. The molecule has 0 atom stereocenters. The summed E-state index contributed by atoms with van der Waals surface area (Å²) in [5.74, 6) is -0.908. The summed E-state index contributed by atoms with van der Waals surface area (Å²) in [6.07, 6.45) is 1.71. The van der Waals surface area contributed by atoms with Crippen molar-refractivity contribution in [2.75, 3.05) is 0 Å². The third kappa shape index (κ3) is 3.82. The van der Waals surface area contributed by atoms with Gasteiger partial charge in [0.2, 0.25) is 5.76 Å². The zero-order chi connectivity index (χ0) is 14.5. The fourth-order valence-corrected chi connectivity index (χ4v) is 2.21. The molecule has 0 aliphatic heterocycles. The zero-order valence-electron chi connectivity index (χ0n) is 10.7. The molecule has 0 bridgehead atoms. The first-order valence-electron chi connectivity index (χ1n) is 5.79. The zero-order valence-corrected chi connectivity index (χ0v) is 11.5. The van der Waals surface area contributed by atoms with Gasteiger partial charge in [0.1, 0.15) is 5.76 Å². The van der Waals surface area contributed by atoms with E-state index in [0.717, 1.165) is 9.88 Å². The fourth-order valence-electron chi connectivity index (χ4n) is 1.47. The van der Waals surface area contributed by atoms with Crippen LogP contribution in [0.4, 0.5) is 4.79 Å². The minimum Gasteiger partial charge on any atom is -0.475 e. The van der Waals surface area contributed by atoms with Crippen molar-refractivity contribution in [1.82, 2.24) is 15.6 Å². The van der Waals surface area contributed by atoms with Crippen LogP contribution in [0.15, 0.2) is 22.7 Å². The molecule has 2 rings (SSSR count). The Balaban J connectivity index is 1.75. The topological polar surface area (TPSA) is 104 Å². The van der Waals surface area contributed by atoms with Crippen LogP contribution in [0, 0.1) is 6.92 Å². The average molecular weight is 295 g/mol. The average Bonchev–Trinajstić information content (AvgIpc) is 3.03. The molecule has 106 valence electrons. The lowest BCUT2D eigenvalue weighted by molar-refractivity contribution is 0.0660. The van der Waals surface area contributed by atoms with E-state index < -0.39 is 5.97 Å². The lowest BCUT2D eigenvalue weighted by Gasteiger charge is -2.04. The highest BCUT2D eigenvalue weighted by molar-refractivity contribution is 7.11. The Kier molecular flexibility index (Phi) is 4.36. The van der Waals surface area contributed by atoms with Crippen molar-refractivity contribution < 1.29 is 19.1 Å². The molecule has 0 unspecified atom stereocenters. The van der Waals surface area contributed by atoms with E-state index in [1.54, 1.807) is 6.20 Å². The van der Waals surface area contributed by atoms with E-state index in [1.165, 1.54) is 23.5 Å². The maximum absolute atomic E-state index is 11.5. The first-order chi connectivity index (χ1) is 9.54. The number of nitrogens with one attached hydrogen (secondary N) is 2. The molecule has 0 aromatic carbocycles. The minimum atomic E-state index is -1.14. The quantitative estimate of drug-likeness (QED) is 0.779. The van der Waals surface area contributed by atoms with Gasteiger partial charge in [0.05, 0.1) is 18.1 Å². The van der Waals surface area contributed by atoms with Crippen LogP contribution in [-0.4, -0.2) is 22.1 Å². The van der Waals surface area contributed by atoms with Gasteiger partial charge in [-0.1, -0.05) is 0 Å². The number of furan rings is 1. The number of hydrogen-bond acceptors (Lipinski definition) is 5. The molecule has 0 saturated heterocycles. The SMILES string of the molecule is Cc1ncc(CNC(=O)NCc2ccc(C(=O)O)o2)s1. The smallest absolute Gasteiger partial charge is 0.371 e. The molecule has 20 heavy (non-hydrogen) atoms. The maximum Gasteiger partial charge on any atom is 0.371 e. The Morgan fingerprint density at radius 3 is 2.70 bits per heavy atom. The number of aromatic carboxylic acids is 1. The number of aryl methyl sites for hydroxylation is 1. The van der Waals surface area contributed by atoms with Crippen molar-refractivity contribution in [3.63, 3.8) is 0 Å². The molecule has 2 aromatic heterocycles. The summed E-state index contributed by atoms with van der Waals surface area (Å²) in [5.41, 5.74) is 0. The number of carbonyl (C=O) groups excluding carboxylic acids is 1. The van der Waals surface area contributed by atoms with Crippen molar-refractivity contribution in [2.45, 2.75) is 20.0 Å². The van der Waals surface area contributed by atoms with Gasteiger partial charge in [-0.2, -0.15) is 0 Å². The lowest BCUT2D eigenvalue weighted by Crippen LogP contribution is -2.34. The molecule has 0 saturated carbocycles. The number of amides is 2. The van der Waals surface area contributed by atoms with Crippen LogP contribution < -0.4 is 10.6 Å². The van der Waals surface area contributed by atoms with Crippen LogP contribution in [-0.2, 0) is 13.1 Å². The van der Waals surface area contributed by atoms with Crippen molar-refractivity contribution in [1.29, 1.82) is 0 Å². The van der Waals surface area contributed by atoms with Gasteiger partial charge in [-0.3, -0.25) is 0 Å². The monoisotopic (exact) mass is 295 g/mol. The molecule has 8 heteroatoms. The number of urea groups is 1. The molecule has 7 nitrogen and oxygen atoms in total. The van der Waals surface area contributed by atoms with Crippen LogP contribution in [0.1, 0.15) is 26.2 Å². The van der Waals surface area contributed by atoms with Crippen LogP contribution in [0.3, 0.4) is 0 Å². The highest BCUT2D eigenvalue weighted by atomic mass is 32.1. The molecular formula is C12H13N3O4S. The van der Waals surface area contributed by atoms with E-state index in [1.807, 2.05) is 6.92 Å². The predicted molar refractivity (Wildman–Crippen MR) is 71.6 cm³/mol. The van der Waals surface area contributed by atoms with Gasteiger partial charge >= 0.3 is 12.0 Å². The number of hydrogen-bond donors (Lipinski definition) is 3. The highest BCUT2D eigenvalue weighted by Gasteiger charge is 2.09. The van der Waals surface area contributed by atoms with Crippen LogP contribution >= 0.6 is 11.3 Å². The van der Waals surface area contributed by atoms with Crippen molar-refractivity contribution in [2.24, 2.45) is 0 Å². The highest BCUT2D eigenvalue weighted by Crippen LogP contribution is 2.10. The summed E-state index contributed by atoms with van der Waals surface area (Å²) < 4.78 is 5.01. The van der Waals surface area contributed by atoms with Gasteiger partial charge in [0.25, 0.3) is 0 Å². The summed E-state index contributed by atoms with van der Waals surface area (Å²) in [7, 11) is 0. The van der Waals surface area contributed by atoms with E-state index in [2.05, 4.69) is 15.6 Å². The van der Waals surface area contributed by atoms with Gasteiger partial charge < -0.3 is 20.2 Å². The first kappa shape index (κ1) is 14.1. The second kappa shape index (κ2) is 6.20. The molecule has 3 N–H and O–H groups in total. The number of carbonyl (C=O) groups is 2. The van der Waals surface area contributed by atoms with E-state index >= 15 is 0 Å². The molecule has 0 aliphatic rings.